The first-order chi connectivity index (χ1) is 12.4. The SMILES string of the molecule is CC(C)NC(=O)C(C)N(Cc1ccccc1)C(=O)Cc1ccccc1F. The van der Waals surface area contributed by atoms with Crippen molar-refractivity contribution in [3.05, 3.63) is 71.5 Å². The van der Waals surface area contributed by atoms with Crippen LogP contribution < -0.4 is 5.32 Å². The Labute approximate surface area is 154 Å². The van der Waals surface area contributed by atoms with Gasteiger partial charge in [0.05, 0.1) is 6.42 Å². The molecule has 138 valence electrons. The van der Waals surface area contributed by atoms with Crippen LogP contribution in [0.1, 0.15) is 31.9 Å². The van der Waals surface area contributed by atoms with Gasteiger partial charge in [0.15, 0.2) is 0 Å². The average molecular weight is 356 g/mol. The number of carbonyl (C=O) groups excluding carboxylic acids is 2. The van der Waals surface area contributed by atoms with Gasteiger partial charge in [-0.2, -0.15) is 0 Å². The molecule has 0 aliphatic rings. The largest absolute Gasteiger partial charge is 0.352 e. The molecule has 0 saturated carbocycles. The zero-order valence-electron chi connectivity index (χ0n) is 15.4. The Morgan fingerprint density at radius 1 is 1.00 bits per heavy atom. The van der Waals surface area contributed by atoms with E-state index in [0.717, 1.165) is 5.56 Å². The molecule has 1 N–H and O–H groups in total. The van der Waals surface area contributed by atoms with Gasteiger partial charge in [0.25, 0.3) is 0 Å². The maximum atomic E-state index is 13.9. The maximum Gasteiger partial charge on any atom is 0.242 e. The van der Waals surface area contributed by atoms with Crippen molar-refractivity contribution in [3.8, 4) is 0 Å². The molecule has 0 radical (unpaired) electrons. The number of nitrogens with one attached hydrogen (secondary N) is 1. The highest BCUT2D eigenvalue weighted by molar-refractivity contribution is 5.88. The van der Waals surface area contributed by atoms with Gasteiger partial charge in [-0.3, -0.25) is 9.59 Å². The highest BCUT2D eigenvalue weighted by Crippen LogP contribution is 2.14. The molecular formula is C21H25FN2O2. The zero-order chi connectivity index (χ0) is 19.1. The first-order valence-electron chi connectivity index (χ1n) is 8.75. The fourth-order valence-corrected chi connectivity index (χ4v) is 2.67. The lowest BCUT2D eigenvalue weighted by Crippen LogP contribution is -2.49. The summed E-state index contributed by atoms with van der Waals surface area (Å²) in [5.41, 5.74) is 1.24. The second kappa shape index (κ2) is 9.13. The minimum Gasteiger partial charge on any atom is -0.352 e. The molecule has 0 spiro atoms. The number of amides is 2. The van der Waals surface area contributed by atoms with Crippen molar-refractivity contribution < 1.29 is 14.0 Å². The van der Waals surface area contributed by atoms with E-state index in [1.54, 1.807) is 25.1 Å². The maximum absolute atomic E-state index is 13.9. The first-order valence-corrected chi connectivity index (χ1v) is 8.75. The Morgan fingerprint density at radius 3 is 2.23 bits per heavy atom. The van der Waals surface area contributed by atoms with Gasteiger partial charge in [-0.05, 0) is 38.0 Å². The van der Waals surface area contributed by atoms with Gasteiger partial charge in [-0.25, -0.2) is 4.39 Å². The molecule has 26 heavy (non-hydrogen) atoms. The first kappa shape index (κ1) is 19.6. The van der Waals surface area contributed by atoms with E-state index in [-0.39, 0.29) is 24.3 Å². The summed E-state index contributed by atoms with van der Waals surface area (Å²) in [6.07, 6.45) is -0.0845. The van der Waals surface area contributed by atoms with Gasteiger partial charge >= 0.3 is 0 Å². The fourth-order valence-electron chi connectivity index (χ4n) is 2.67. The molecule has 0 aliphatic carbocycles. The molecular weight excluding hydrogens is 331 g/mol. The topological polar surface area (TPSA) is 49.4 Å². The standard InChI is InChI=1S/C21H25FN2O2/c1-15(2)23-21(26)16(3)24(14-17-9-5-4-6-10-17)20(25)13-18-11-7-8-12-19(18)22/h4-12,15-16H,13-14H2,1-3H3,(H,23,26). The lowest BCUT2D eigenvalue weighted by Gasteiger charge is -2.29. The van der Waals surface area contributed by atoms with Crippen LogP contribution in [0.15, 0.2) is 54.6 Å². The van der Waals surface area contributed by atoms with E-state index in [2.05, 4.69) is 5.32 Å². The number of hydrogen-bond acceptors (Lipinski definition) is 2. The summed E-state index contributed by atoms with van der Waals surface area (Å²) >= 11 is 0. The van der Waals surface area contributed by atoms with E-state index in [0.29, 0.717) is 12.1 Å². The van der Waals surface area contributed by atoms with Gasteiger partial charge in [-0.15, -0.1) is 0 Å². The van der Waals surface area contributed by atoms with Gasteiger partial charge < -0.3 is 10.2 Å². The minimum atomic E-state index is -0.656. The number of halogens is 1. The quantitative estimate of drug-likeness (QED) is 0.827. The lowest BCUT2D eigenvalue weighted by molar-refractivity contribution is -0.140. The molecule has 2 aromatic carbocycles. The number of nitrogens with zero attached hydrogens (tertiary/aromatic N) is 1. The summed E-state index contributed by atoms with van der Waals surface area (Å²) < 4.78 is 13.9. The predicted molar refractivity (Wildman–Crippen MR) is 99.8 cm³/mol. The van der Waals surface area contributed by atoms with Gasteiger partial charge in [0.1, 0.15) is 11.9 Å². The van der Waals surface area contributed by atoms with Gasteiger partial charge in [-0.1, -0.05) is 48.5 Å². The van der Waals surface area contributed by atoms with Gasteiger partial charge in [0.2, 0.25) is 11.8 Å². The third-order valence-corrected chi connectivity index (χ3v) is 4.09. The number of hydrogen-bond donors (Lipinski definition) is 1. The third-order valence-electron chi connectivity index (χ3n) is 4.09. The molecule has 0 aliphatic heterocycles. The van der Waals surface area contributed by atoms with Crippen molar-refractivity contribution in [1.29, 1.82) is 0 Å². The Balaban J connectivity index is 2.22. The highest BCUT2D eigenvalue weighted by Gasteiger charge is 2.27. The van der Waals surface area contributed by atoms with E-state index in [9.17, 15) is 14.0 Å². The summed E-state index contributed by atoms with van der Waals surface area (Å²) in [6, 6.07) is 15.0. The molecule has 0 bridgehead atoms. The molecule has 0 saturated heterocycles. The van der Waals surface area contributed by atoms with Crippen molar-refractivity contribution in [1.82, 2.24) is 10.2 Å². The minimum absolute atomic E-state index is 0.0230. The van der Waals surface area contributed by atoms with Crippen molar-refractivity contribution in [3.63, 3.8) is 0 Å². The number of rotatable bonds is 7. The molecule has 0 heterocycles. The summed E-state index contributed by atoms with van der Waals surface area (Å²) in [5.74, 6) is -0.928. The van der Waals surface area contributed by atoms with Crippen LogP contribution in [0.2, 0.25) is 0 Å². The molecule has 1 atom stereocenters. The lowest BCUT2D eigenvalue weighted by atomic mass is 10.1. The van der Waals surface area contributed by atoms with E-state index >= 15 is 0 Å². The van der Waals surface area contributed by atoms with E-state index in [4.69, 9.17) is 0 Å². The zero-order valence-corrected chi connectivity index (χ0v) is 15.4. The highest BCUT2D eigenvalue weighted by atomic mass is 19.1. The Hall–Kier alpha value is -2.69. The van der Waals surface area contributed by atoms with Crippen LogP contribution >= 0.6 is 0 Å². The van der Waals surface area contributed by atoms with E-state index < -0.39 is 11.9 Å². The molecule has 1 unspecified atom stereocenters. The smallest absolute Gasteiger partial charge is 0.242 e. The van der Waals surface area contributed by atoms with Crippen LogP contribution in [0.5, 0.6) is 0 Å². The van der Waals surface area contributed by atoms with Crippen molar-refractivity contribution in [2.75, 3.05) is 0 Å². The van der Waals surface area contributed by atoms with Crippen LogP contribution in [-0.2, 0) is 22.6 Å². The van der Waals surface area contributed by atoms with Crippen LogP contribution in [0.3, 0.4) is 0 Å². The van der Waals surface area contributed by atoms with E-state index in [1.807, 2.05) is 44.2 Å². The average Bonchev–Trinajstić information content (AvgIpc) is 2.61. The van der Waals surface area contributed by atoms with Crippen molar-refractivity contribution in [2.45, 2.75) is 45.8 Å². The predicted octanol–water partition coefficient (Wildman–Crippen LogP) is 3.31. The third kappa shape index (κ3) is 5.41. The van der Waals surface area contributed by atoms with Gasteiger partial charge in [0, 0.05) is 12.6 Å². The normalized spacial score (nSPS) is 11.9. The second-order valence-electron chi connectivity index (χ2n) is 6.61. The Bertz CT molecular complexity index is 747. The molecule has 5 heteroatoms. The monoisotopic (exact) mass is 356 g/mol. The van der Waals surface area contributed by atoms with Crippen LogP contribution in [0, 0.1) is 5.82 Å². The Morgan fingerprint density at radius 2 is 1.62 bits per heavy atom. The molecule has 2 amide bonds. The molecule has 2 rings (SSSR count). The fraction of sp³-hybridized carbons (Fsp3) is 0.333. The molecule has 0 aromatic heterocycles. The molecule has 4 nitrogen and oxygen atoms in total. The van der Waals surface area contributed by atoms with Crippen LogP contribution in [-0.4, -0.2) is 28.8 Å². The van der Waals surface area contributed by atoms with Crippen molar-refractivity contribution in [2.24, 2.45) is 0 Å². The number of carbonyl (C=O) groups is 2. The summed E-state index contributed by atoms with van der Waals surface area (Å²) in [5, 5.41) is 2.83. The van der Waals surface area contributed by atoms with Crippen molar-refractivity contribution >= 4 is 11.8 Å². The van der Waals surface area contributed by atoms with Crippen LogP contribution in [0.25, 0.3) is 0 Å². The molecule has 0 fully saturated rings. The van der Waals surface area contributed by atoms with Crippen LogP contribution in [0.4, 0.5) is 4.39 Å². The van der Waals surface area contributed by atoms with E-state index in [1.165, 1.54) is 11.0 Å². The summed E-state index contributed by atoms with van der Waals surface area (Å²) in [7, 11) is 0. The Kier molecular flexibility index (Phi) is 6.89. The second-order valence-corrected chi connectivity index (χ2v) is 6.61. The molecule has 2 aromatic rings. The summed E-state index contributed by atoms with van der Waals surface area (Å²) in [4.78, 5) is 26.8. The summed E-state index contributed by atoms with van der Waals surface area (Å²) in [6.45, 7) is 5.72. The number of benzene rings is 2.